The fourth-order valence-corrected chi connectivity index (χ4v) is 4.55. The summed E-state index contributed by atoms with van der Waals surface area (Å²) in [6.07, 6.45) is 0.312. The molecular formula is C21H31Cl2N3O5. The third-order valence-electron chi connectivity index (χ3n) is 5.38. The SMILES string of the molecule is CNCCCCOC1C(Cl)CC(C(=O)N[C@@H](Cc2ccccc2)C(=O)NO)C(O)C1Cl. The molecule has 1 aromatic carbocycles. The smallest absolute Gasteiger partial charge is 0.266 e. The molecule has 2 rings (SSSR count). The van der Waals surface area contributed by atoms with Gasteiger partial charge in [-0.25, -0.2) is 5.48 Å². The molecule has 0 heterocycles. The van der Waals surface area contributed by atoms with E-state index in [4.69, 9.17) is 33.1 Å². The summed E-state index contributed by atoms with van der Waals surface area (Å²) in [4.78, 5) is 24.9. The van der Waals surface area contributed by atoms with E-state index in [1.54, 1.807) is 17.6 Å². The number of hydrogen-bond donors (Lipinski definition) is 5. The number of rotatable bonds is 11. The van der Waals surface area contributed by atoms with Crippen LogP contribution in [0.5, 0.6) is 0 Å². The summed E-state index contributed by atoms with van der Waals surface area (Å²) in [7, 11) is 1.88. The lowest BCUT2D eigenvalue weighted by Gasteiger charge is -2.39. The molecule has 0 radical (unpaired) electrons. The van der Waals surface area contributed by atoms with Crippen molar-refractivity contribution in [2.45, 2.75) is 54.7 Å². The van der Waals surface area contributed by atoms with Gasteiger partial charge < -0.3 is 20.5 Å². The van der Waals surface area contributed by atoms with Crippen LogP contribution in [0.4, 0.5) is 0 Å². The van der Waals surface area contributed by atoms with Crippen molar-refractivity contribution in [1.82, 2.24) is 16.1 Å². The van der Waals surface area contributed by atoms with Gasteiger partial charge in [-0.15, -0.1) is 23.2 Å². The van der Waals surface area contributed by atoms with Crippen LogP contribution in [0, 0.1) is 5.92 Å². The van der Waals surface area contributed by atoms with E-state index >= 15 is 0 Å². The second-order valence-corrected chi connectivity index (χ2v) is 8.73. The number of hydrogen-bond acceptors (Lipinski definition) is 6. The van der Waals surface area contributed by atoms with Crippen molar-refractivity contribution in [2.24, 2.45) is 5.92 Å². The lowest BCUT2D eigenvalue weighted by atomic mass is 9.83. The zero-order valence-corrected chi connectivity index (χ0v) is 19.0. The maximum absolute atomic E-state index is 12.9. The van der Waals surface area contributed by atoms with Gasteiger partial charge in [0, 0.05) is 13.0 Å². The molecule has 1 saturated carbocycles. The van der Waals surface area contributed by atoms with Crippen molar-refractivity contribution in [3.05, 3.63) is 35.9 Å². The molecular weight excluding hydrogens is 445 g/mol. The fourth-order valence-electron chi connectivity index (χ4n) is 3.63. The minimum Gasteiger partial charge on any atom is -0.391 e. The Balaban J connectivity index is 1.97. The van der Waals surface area contributed by atoms with Crippen LogP contribution in [0.25, 0.3) is 0 Å². The lowest BCUT2D eigenvalue weighted by molar-refractivity contribution is -0.139. The Bertz CT molecular complexity index is 697. The molecule has 10 heteroatoms. The van der Waals surface area contributed by atoms with E-state index in [0.29, 0.717) is 6.61 Å². The number of carbonyl (C=O) groups excluding carboxylic acids is 2. The minimum absolute atomic E-state index is 0.151. The van der Waals surface area contributed by atoms with Crippen LogP contribution >= 0.6 is 23.2 Å². The van der Waals surface area contributed by atoms with Crippen LogP contribution in [0.1, 0.15) is 24.8 Å². The predicted molar refractivity (Wildman–Crippen MR) is 118 cm³/mol. The normalized spacial score (nSPS) is 26.8. The van der Waals surface area contributed by atoms with E-state index in [9.17, 15) is 14.7 Å². The van der Waals surface area contributed by atoms with E-state index < -0.39 is 46.7 Å². The Labute approximate surface area is 192 Å². The number of carbonyl (C=O) groups is 2. The van der Waals surface area contributed by atoms with Crippen LogP contribution in [-0.4, -0.2) is 71.3 Å². The number of aliphatic hydroxyl groups excluding tert-OH is 1. The van der Waals surface area contributed by atoms with Crippen molar-refractivity contribution in [1.29, 1.82) is 0 Å². The highest BCUT2D eigenvalue weighted by Gasteiger charge is 2.46. The highest BCUT2D eigenvalue weighted by molar-refractivity contribution is 6.25. The first-order chi connectivity index (χ1) is 14.9. The molecule has 1 aromatic rings. The molecule has 31 heavy (non-hydrogen) atoms. The van der Waals surface area contributed by atoms with Crippen LogP contribution in [0.3, 0.4) is 0 Å². The lowest BCUT2D eigenvalue weighted by Crippen LogP contribution is -2.57. The van der Waals surface area contributed by atoms with Crippen molar-refractivity contribution in [3.8, 4) is 0 Å². The van der Waals surface area contributed by atoms with Crippen LogP contribution in [0.15, 0.2) is 30.3 Å². The first-order valence-electron chi connectivity index (χ1n) is 10.4. The Hall–Kier alpha value is -1.42. The summed E-state index contributed by atoms with van der Waals surface area (Å²) in [6, 6.07) is 8.05. The number of ether oxygens (including phenoxy) is 1. The number of nitrogens with one attached hydrogen (secondary N) is 3. The molecule has 1 aliphatic carbocycles. The summed E-state index contributed by atoms with van der Waals surface area (Å²) in [5.41, 5.74) is 2.38. The van der Waals surface area contributed by atoms with Gasteiger partial charge in [-0.3, -0.25) is 14.8 Å². The van der Waals surface area contributed by atoms with E-state index in [1.165, 1.54) is 0 Å². The van der Waals surface area contributed by atoms with Gasteiger partial charge in [-0.2, -0.15) is 0 Å². The zero-order valence-electron chi connectivity index (χ0n) is 17.5. The van der Waals surface area contributed by atoms with Gasteiger partial charge in [0.05, 0.1) is 28.9 Å². The third kappa shape index (κ3) is 7.59. The second kappa shape index (κ2) is 13.2. The van der Waals surface area contributed by atoms with E-state index in [0.717, 1.165) is 24.9 Å². The van der Waals surface area contributed by atoms with E-state index in [2.05, 4.69) is 10.6 Å². The maximum atomic E-state index is 12.9. The second-order valence-electron chi connectivity index (χ2n) is 7.67. The summed E-state index contributed by atoms with van der Waals surface area (Å²) in [5, 5.41) is 23.9. The van der Waals surface area contributed by atoms with Gasteiger partial charge in [0.25, 0.3) is 5.91 Å². The monoisotopic (exact) mass is 475 g/mol. The number of alkyl halides is 2. The van der Waals surface area contributed by atoms with Crippen LogP contribution < -0.4 is 16.1 Å². The Morgan fingerprint density at radius 1 is 1.23 bits per heavy atom. The minimum atomic E-state index is -1.19. The van der Waals surface area contributed by atoms with Crippen molar-refractivity contribution < 1.29 is 24.6 Å². The average Bonchev–Trinajstić information content (AvgIpc) is 2.77. The highest BCUT2D eigenvalue weighted by Crippen LogP contribution is 2.34. The van der Waals surface area contributed by atoms with Gasteiger partial charge in [-0.05, 0) is 38.4 Å². The maximum Gasteiger partial charge on any atom is 0.266 e. The number of halogens is 2. The molecule has 6 atom stereocenters. The Morgan fingerprint density at radius 2 is 1.94 bits per heavy atom. The third-order valence-corrected chi connectivity index (χ3v) is 6.31. The molecule has 8 nitrogen and oxygen atoms in total. The summed E-state index contributed by atoms with van der Waals surface area (Å²) in [6.45, 7) is 1.33. The molecule has 0 saturated heterocycles. The molecule has 0 bridgehead atoms. The Kier molecular flexibility index (Phi) is 11.0. The first kappa shape index (κ1) is 25.8. The molecule has 2 amide bonds. The van der Waals surface area contributed by atoms with Gasteiger partial charge in [0.15, 0.2) is 0 Å². The predicted octanol–water partition coefficient (Wildman–Crippen LogP) is 1.20. The Morgan fingerprint density at radius 3 is 2.58 bits per heavy atom. The fraction of sp³-hybridized carbons (Fsp3) is 0.619. The van der Waals surface area contributed by atoms with Crippen molar-refractivity contribution >= 4 is 35.0 Å². The number of hydroxylamine groups is 1. The quantitative estimate of drug-likeness (QED) is 0.142. The largest absolute Gasteiger partial charge is 0.391 e. The summed E-state index contributed by atoms with van der Waals surface area (Å²) < 4.78 is 5.79. The molecule has 0 aliphatic heterocycles. The molecule has 5 unspecified atom stereocenters. The molecule has 1 fully saturated rings. The van der Waals surface area contributed by atoms with Gasteiger partial charge >= 0.3 is 0 Å². The molecule has 0 spiro atoms. The summed E-state index contributed by atoms with van der Waals surface area (Å²) >= 11 is 12.8. The van der Waals surface area contributed by atoms with E-state index in [1.807, 2.05) is 25.2 Å². The zero-order chi connectivity index (χ0) is 22.8. The van der Waals surface area contributed by atoms with Crippen molar-refractivity contribution in [2.75, 3.05) is 20.2 Å². The van der Waals surface area contributed by atoms with Gasteiger partial charge in [-0.1, -0.05) is 30.3 Å². The number of unbranched alkanes of at least 4 members (excludes halogenated alkanes) is 1. The van der Waals surface area contributed by atoms with Gasteiger partial charge in [0.2, 0.25) is 5.91 Å². The van der Waals surface area contributed by atoms with Crippen molar-refractivity contribution in [3.63, 3.8) is 0 Å². The summed E-state index contributed by atoms with van der Waals surface area (Å²) in [5.74, 6) is -2.21. The first-order valence-corrected chi connectivity index (χ1v) is 11.3. The van der Waals surface area contributed by atoms with Gasteiger partial charge in [0.1, 0.15) is 6.04 Å². The highest BCUT2D eigenvalue weighted by atomic mass is 35.5. The molecule has 174 valence electrons. The van der Waals surface area contributed by atoms with Crippen LogP contribution in [-0.2, 0) is 20.7 Å². The number of benzene rings is 1. The average molecular weight is 476 g/mol. The topological polar surface area (TPSA) is 120 Å². The number of aliphatic hydroxyl groups is 1. The number of amides is 2. The molecule has 0 aromatic heterocycles. The van der Waals surface area contributed by atoms with Crippen LogP contribution in [0.2, 0.25) is 0 Å². The molecule has 1 aliphatic rings. The standard InChI is InChI=1S/C21H31Cl2N3O5/c1-24-9-5-6-10-31-19-15(22)12-14(18(27)17(19)23)20(28)25-16(21(29)26-30)11-13-7-3-2-4-8-13/h2-4,7-8,14-19,24,27,30H,5-6,9-12H2,1H3,(H,25,28)(H,26,29)/t14?,15?,16-,17?,18?,19?/m0/s1. The molecule has 5 N–H and O–H groups in total. The van der Waals surface area contributed by atoms with E-state index in [-0.39, 0.29) is 12.8 Å².